The first kappa shape index (κ1) is 32.8. The largest absolute Gasteiger partial charge is 0.507 e. The molecule has 0 bridgehead atoms. The standard InChI is InChI=1S/C30H45N3O7/c1-10-30(38,11-2)12-13-32-14-15-33(26(32)31-27(37)40-19-39-20(3)34)18-24(35)21-16-22(28(4,5)6)25(36)23(17-21)29(7,8)9/h14-17,36,38H,10-13,18-19H2,1-9H3. The van der Waals surface area contributed by atoms with Crippen LogP contribution in [0.2, 0.25) is 0 Å². The number of ether oxygens (including phenoxy) is 2. The van der Waals surface area contributed by atoms with Crippen molar-refractivity contribution in [3.63, 3.8) is 0 Å². The SMILES string of the molecule is CCC(O)(CC)CCn1ccn(CC(=O)c2cc(C(C)(C)C)c(O)c(C(C)(C)C)c2)c1=NC(=O)OCOC(C)=O. The zero-order valence-corrected chi connectivity index (χ0v) is 25.3. The number of phenols is 1. The highest BCUT2D eigenvalue weighted by molar-refractivity contribution is 5.96. The summed E-state index contributed by atoms with van der Waals surface area (Å²) in [5, 5.41) is 21.8. The fourth-order valence-electron chi connectivity index (χ4n) is 4.28. The fourth-order valence-corrected chi connectivity index (χ4v) is 4.28. The zero-order valence-electron chi connectivity index (χ0n) is 25.3. The smallest absolute Gasteiger partial charge is 0.439 e. The summed E-state index contributed by atoms with van der Waals surface area (Å²) in [5.41, 5.74) is 0.240. The molecule has 40 heavy (non-hydrogen) atoms. The van der Waals surface area contributed by atoms with E-state index in [0.29, 0.717) is 42.5 Å². The number of carbonyl (C=O) groups excluding carboxylic acids is 3. The third-order valence-electron chi connectivity index (χ3n) is 7.07. The summed E-state index contributed by atoms with van der Waals surface area (Å²) < 4.78 is 12.8. The van der Waals surface area contributed by atoms with Gasteiger partial charge in [-0.2, -0.15) is 0 Å². The van der Waals surface area contributed by atoms with Crippen LogP contribution in [0.4, 0.5) is 4.79 Å². The van der Waals surface area contributed by atoms with Gasteiger partial charge in [0.1, 0.15) is 5.75 Å². The molecule has 222 valence electrons. The summed E-state index contributed by atoms with van der Waals surface area (Å²) in [7, 11) is 0. The molecule has 10 heteroatoms. The first-order chi connectivity index (χ1) is 18.4. The topological polar surface area (TPSA) is 132 Å². The number of phenolic OH excluding ortho intramolecular Hbond substituents is 1. The molecule has 1 heterocycles. The molecule has 2 aromatic rings. The molecule has 0 radical (unpaired) electrons. The summed E-state index contributed by atoms with van der Waals surface area (Å²) >= 11 is 0. The number of nitrogens with zero attached hydrogens (tertiary/aromatic N) is 3. The molecule has 0 saturated carbocycles. The number of benzene rings is 1. The van der Waals surface area contributed by atoms with Gasteiger partial charge in [-0.25, -0.2) is 4.79 Å². The third-order valence-corrected chi connectivity index (χ3v) is 7.07. The third kappa shape index (κ3) is 8.55. The molecule has 10 nitrogen and oxygen atoms in total. The second kappa shape index (κ2) is 12.8. The molecular formula is C30H45N3O7. The number of esters is 1. The average Bonchev–Trinajstić information content (AvgIpc) is 3.21. The van der Waals surface area contributed by atoms with Gasteiger partial charge in [-0.05, 0) is 42.2 Å². The Labute approximate surface area is 236 Å². The van der Waals surface area contributed by atoms with Gasteiger partial charge in [0.15, 0.2) is 5.78 Å². The maximum absolute atomic E-state index is 13.6. The number of Topliss-reactive ketones (excluding diaryl/α,β-unsaturated/α-hetero) is 1. The monoisotopic (exact) mass is 559 g/mol. The Kier molecular flexibility index (Phi) is 10.5. The molecule has 2 rings (SSSR count). The molecular weight excluding hydrogens is 514 g/mol. The molecule has 0 unspecified atom stereocenters. The van der Waals surface area contributed by atoms with Gasteiger partial charge in [0.05, 0.1) is 12.1 Å². The van der Waals surface area contributed by atoms with Crippen molar-refractivity contribution in [2.75, 3.05) is 6.79 Å². The van der Waals surface area contributed by atoms with Gasteiger partial charge < -0.3 is 28.8 Å². The van der Waals surface area contributed by atoms with E-state index in [9.17, 15) is 24.6 Å². The van der Waals surface area contributed by atoms with Gasteiger partial charge in [-0.3, -0.25) is 9.59 Å². The highest BCUT2D eigenvalue weighted by atomic mass is 16.7. The van der Waals surface area contributed by atoms with Crippen LogP contribution in [0.5, 0.6) is 5.75 Å². The van der Waals surface area contributed by atoms with E-state index in [-0.39, 0.29) is 23.7 Å². The molecule has 0 aliphatic rings. The molecule has 2 N–H and O–H groups in total. The van der Waals surface area contributed by atoms with Gasteiger partial charge >= 0.3 is 12.1 Å². The van der Waals surface area contributed by atoms with Gasteiger partial charge in [0.25, 0.3) is 0 Å². The van der Waals surface area contributed by atoms with E-state index < -0.39 is 35.3 Å². The lowest BCUT2D eigenvalue weighted by Gasteiger charge is -2.28. The fraction of sp³-hybridized carbons (Fsp3) is 0.600. The molecule has 0 saturated heterocycles. The molecule has 0 fully saturated rings. The van der Waals surface area contributed by atoms with E-state index in [2.05, 4.69) is 9.73 Å². The van der Waals surface area contributed by atoms with Crippen LogP contribution >= 0.6 is 0 Å². The number of imidazole rings is 1. The van der Waals surface area contributed by atoms with Crippen LogP contribution in [0.3, 0.4) is 0 Å². The number of ketones is 1. The van der Waals surface area contributed by atoms with Crippen molar-refractivity contribution in [3.8, 4) is 5.75 Å². The van der Waals surface area contributed by atoms with E-state index in [0.717, 1.165) is 0 Å². The number of hydrogen-bond acceptors (Lipinski definition) is 7. The van der Waals surface area contributed by atoms with Crippen LogP contribution in [0.25, 0.3) is 0 Å². The Hall–Kier alpha value is -3.40. The summed E-state index contributed by atoms with van der Waals surface area (Å²) in [6.07, 6.45) is 3.88. The van der Waals surface area contributed by atoms with E-state index in [1.54, 1.807) is 29.1 Å². The molecule has 1 amide bonds. The van der Waals surface area contributed by atoms with Crippen LogP contribution in [0.1, 0.15) is 103 Å². The Morgan fingerprint density at radius 2 is 1.43 bits per heavy atom. The Bertz CT molecular complexity index is 1250. The number of carbonyl (C=O) groups is 3. The van der Waals surface area contributed by atoms with Gasteiger partial charge in [-0.15, -0.1) is 4.99 Å². The van der Waals surface area contributed by atoms with E-state index in [4.69, 9.17) is 4.74 Å². The lowest BCUT2D eigenvalue weighted by atomic mass is 9.78. The van der Waals surface area contributed by atoms with Crippen molar-refractivity contribution in [3.05, 3.63) is 46.8 Å². The van der Waals surface area contributed by atoms with Crippen LogP contribution < -0.4 is 5.62 Å². The molecule has 0 spiro atoms. The van der Waals surface area contributed by atoms with Crippen molar-refractivity contribution in [1.29, 1.82) is 0 Å². The van der Waals surface area contributed by atoms with Crippen LogP contribution in [0.15, 0.2) is 29.5 Å². The second-order valence-corrected chi connectivity index (χ2v) is 12.2. The van der Waals surface area contributed by atoms with Crippen molar-refractivity contribution in [1.82, 2.24) is 9.13 Å². The minimum absolute atomic E-state index is 0.132. The number of aliphatic hydroxyl groups is 1. The van der Waals surface area contributed by atoms with Gasteiger partial charge in [-0.1, -0.05) is 55.4 Å². The number of amides is 1. The zero-order chi connectivity index (χ0) is 30.5. The highest BCUT2D eigenvalue weighted by Crippen LogP contribution is 2.39. The molecule has 1 aromatic heterocycles. The maximum Gasteiger partial charge on any atom is 0.439 e. The highest BCUT2D eigenvalue weighted by Gasteiger charge is 2.28. The Morgan fingerprint density at radius 3 is 1.90 bits per heavy atom. The minimum Gasteiger partial charge on any atom is -0.507 e. The second-order valence-electron chi connectivity index (χ2n) is 12.2. The molecule has 0 aliphatic heterocycles. The first-order valence-corrected chi connectivity index (χ1v) is 13.7. The number of hydrogen-bond donors (Lipinski definition) is 2. The predicted molar refractivity (Wildman–Crippen MR) is 151 cm³/mol. The van der Waals surface area contributed by atoms with Crippen LogP contribution in [0, 0.1) is 0 Å². The van der Waals surface area contributed by atoms with Crippen molar-refractivity contribution < 1.29 is 34.1 Å². The van der Waals surface area contributed by atoms with E-state index in [1.807, 2.05) is 55.4 Å². The van der Waals surface area contributed by atoms with Crippen molar-refractivity contribution in [2.24, 2.45) is 4.99 Å². The number of aryl methyl sites for hydroxylation is 1. The Morgan fingerprint density at radius 1 is 0.900 bits per heavy atom. The number of rotatable bonds is 10. The number of aromatic nitrogens is 2. The van der Waals surface area contributed by atoms with Gasteiger partial charge in [0.2, 0.25) is 12.4 Å². The van der Waals surface area contributed by atoms with Crippen LogP contribution in [-0.2, 0) is 38.2 Å². The number of aromatic hydroxyl groups is 1. The average molecular weight is 560 g/mol. The maximum atomic E-state index is 13.6. The Balaban J connectivity index is 2.53. The van der Waals surface area contributed by atoms with Crippen LogP contribution in [-0.4, -0.2) is 49.6 Å². The normalized spacial score (nSPS) is 12.9. The minimum atomic E-state index is -0.988. The molecule has 0 atom stereocenters. The lowest BCUT2D eigenvalue weighted by Crippen LogP contribution is -2.33. The molecule has 1 aromatic carbocycles. The summed E-state index contributed by atoms with van der Waals surface area (Å²) in [4.78, 5) is 41.1. The summed E-state index contributed by atoms with van der Waals surface area (Å²) in [6, 6.07) is 3.44. The summed E-state index contributed by atoms with van der Waals surface area (Å²) in [6.45, 7) is 16.5. The van der Waals surface area contributed by atoms with Gasteiger partial charge in [0, 0.05) is 42.6 Å². The van der Waals surface area contributed by atoms with Crippen molar-refractivity contribution >= 4 is 17.8 Å². The van der Waals surface area contributed by atoms with E-state index in [1.165, 1.54) is 11.5 Å². The van der Waals surface area contributed by atoms with Crippen molar-refractivity contribution in [2.45, 2.75) is 111 Å². The quantitative estimate of drug-likeness (QED) is 0.239. The van der Waals surface area contributed by atoms with E-state index >= 15 is 0 Å². The molecule has 0 aliphatic carbocycles. The lowest BCUT2D eigenvalue weighted by molar-refractivity contribution is -0.148. The predicted octanol–water partition coefficient (Wildman–Crippen LogP) is 4.97. The summed E-state index contributed by atoms with van der Waals surface area (Å²) in [5.74, 6) is -0.656. The first-order valence-electron chi connectivity index (χ1n) is 13.7.